The van der Waals surface area contributed by atoms with Gasteiger partial charge in [0.1, 0.15) is 0 Å². The van der Waals surface area contributed by atoms with E-state index >= 15 is 0 Å². The molecule has 1 amide bonds. The molecular weight excluding hydrogens is 294 g/mol. The highest BCUT2D eigenvalue weighted by atomic mass is 32.2. The number of hydrogen-bond acceptors (Lipinski definition) is 6. The van der Waals surface area contributed by atoms with Crippen LogP contribution in [0.15, 0.2) is 0 Å². The number of carbonyl (C=O) groups excluding carboxylic acids is 1. The van der Waals surface area contributed by atoms with E-state index < -0.39 is 21.8 Å². The monoisotopic (exact) mass is 311 g/mol. The lowest BCUT2D eigenvalue weighted by molar-refractivity contribution is -0.133. The first-order valence-corrected chi connectivity index (χ1v) is 8.73. The van der Waals surface area contributed by atoms with Gasteiger partial charge in [0.05, 0.1) is 29.6 Å². The van der Waals surface area contributed by atoms with Gasteiger partial charge in [0, 0.05) is 12.6 Å². The van der Waals surface area contributed by atoms with Crippen LogP contribution in [0.4, 0.5) is 0 Å². The molecule has 1 aliphatic rings. The third-order valence-corrected chi connectivity index (χ3v) is 5.41. The van der Waals surface area contributed by atoms with Crippen molar-refractivity contribution in [2.45, 2.75) is 12.5 Å². The predicted molar refractivity (Wildman–Crippen MR) is 70.8 cm³/mol. The van der Waals surface area contributed by atoms with E-state index in [4.69, 9.17) is 10.2 Å². The molecule has 1 unspecified atom stereocenters. The molecule has 1 aliphatic heterocycles. The Morgan fingerprint density at radius 3 is 2.47 bits per heavy atom. The third-order valence-electron chi connectivity index (χ3n) is 2.76. The number of carboxylic acids is 1. The Morgan fingerprint density at radius 2 is 2.00 bits per heavy atom. The molecule has 7 nitrogen and oxygen atoms in total. The normalized spacial score (nSPS) is 21.2. The number of rotatable bonds is 7. The van der Waals surface area contributed by atoms with E-state index in [0.717, 1.165) is 11.8 Å². The number of hydrogen-bond donors (Lipinski definition) is 2. The van der Waals surface area contributed by atoms with E-state index in [1.54, 1.807) is 0 Å². The maximum atomic E-state index is 11.9. The van der Waals surface area contributed by atoms with Crippen LogP contribution in [0.3, 0.4) is 0 Å². The number of aliphatic hydroxyl groups excluding tert-OH is 1. The molecule has 110 valence electrons. The highest BCUT2D eigenvalue weighted by Gasteiger charge is 2.34. The highest BCUT2D eigenvalue weighted by molar-refractivity contribution is 8.00. The fourth-order valence-electron chi connectivity index (χ4n) is 1.95. The fraction of sp³-hybridized carbons (Fsp3) is 0.800. The number of carbonyl (C=O) groups is 2. The Kier molecular flexibility index (Phi) is 6.08. The largest absolute Gasteiger partial charge is 0.481 e. The number of aliphatic carboxylic acids is 1. The van der Waals surface area contributed by atoms with Gasteiger partial charge < -0.3 is 15.1 Å². The van der Waals surface area contributed by atoms with E-state index in [0.29, 0.717) is 6.42 Å². The van der Waals surface area contributed by atoms with Crippen LogP contribution in [0.25, 0.3) is 0 Å². The van der Waals surface area contributed by atoms with Gasteiger partial charge in [-0.1, -0.05) is 0 Å². The van der Waals surface area contributed by atoms with Crippen molar-refractivity contribution in [3.05, 3.63) is 0 Å². The minimum atomic E-state index is -3.10. The van der Waals surface area contributed by atoms with E-state index in [1.165, 1.54) is 4.90 Å². The van der Waals surface area contributed by atoms with Crippen LogP contribution < -0.4 is 0 Å². The standard InChI is InChI=1S/C10H17NO6S2/c12-3-2-11(8-1-4-19(16,17)7-8)9(13)5-18-6-10(14)15/h8,12H,1-7H2,(H,14,15). The SMILES string of the molecule is O=C(O)CSCC(=O)N(CCO)C1CCS(=O)(=O)C1. The van der Waals surface area contributed by atoms with Gasteiger partial charge >= 0.3 is 5.97 Å². The summed E-state index contributed by atoms with van der Waals surface area (Å²) < 4.78 is 22.8. The number of carboxylic acid groups (broad SMARTS) is 1. The maximum Gasteiger partial charge on any atom is 0.313 e. The van der Waals surface area contributed by atoms with Gasteiger partial charge in [-0.15, -0.1) is 11.8 Å². The lowest BCUT2D eigenvalue weighted by atomic mass is 10.2. The Bertz CT molecular complexity index is 435. The van der Waals surface area contributed by atoms with Crippen molar-refractivity contribution in [1.82, 2.24) is 4.90 Å². The summed E-state index contributed by atoms with van der Waals surface area (Å²) in [6.45, 7) is -0.168. The van der Waals surface area contributed by atoms with Crippen LogP contribution in [0, 0.1) is 0 Å². The molecule has 0 aromatic rings. The summed E-state index contributed by atoms with van der Waals surface area (Å²) in [6, 6.07) is -0.407. The predicted octanol–water partition coefficient (Wildman–Crippen LogP) is -1.19. The lowest BCUT2D eigenvalue weighted by Crippen LogP contribution is -2.43. The van der Waals surface area contributed by atoms with Gasteiger partial charge in [0.25, 0.3) is 0 Å². The lowest BCUT2D eigenvalue weighted by Gasteiger charge is -2.27. The minimum absolute atomic E-state index is 0.0250. The van der Waals surface area contributed by atoms with Crippen molar-refractivity contribution in [2.75, 3.05) is 36.2 Å². The zero-order valence-electron chi connectivity index (χ0n) is 10.3. The van der Waals surface area contributed by atoms with Crippen molar-refractivity contribution in [1.29, 1.82) is 0 Å². The van der Waals surface area contributed by atoms with Gasteiger partial charge in [-0.3, -0.25) is 9.59 Å². The summed E-state index contributed by atoms with van der Waals surface area (Å²) in [5.41, 5.74) is 0. The van der Waals surface area contributed by atoms with Crippen molar-refractivity contribution < 1.29 is 28.2 Å². The zero-order chi connectivity index (χ0) is 14.5. The summed E-state index contributed by atoms with van der Waals surface area (Å²) in [4.78, 5) is 23.6. The summed E-state index contributed by atoms with van der Waals surface area (Å²) >= 11 is 0.960. The smallest absolute Gasteiger partial charge is 0.313 e. The average molecular weight is 311 g/mol. The average Bonchev–Trinajstić information content (AvgIpc) is 2.65. The van der Waals surface area contributed by atoms with Gasteiger partial charge in [0.15, 0.2) is 9.84 Å². The number of nitrogens with zero attached hydrogens (tertiary/aromatic N) is 1. The van der Waals surface area contributed by atoms with Crippen LogP contribution in [0.2, 0.25) is 0 Å². The summed E-state index contributed by atoms with van der Waals surface area (Å²) in [5, 5.41) is 17.4. The molecule has 0 aromatic heterocycles. The second-order valence-electron chi connectivity index (χ2n) is 4.25. The number of sulfone groups is 1. The van der Waals surface area contributed by atoms with Crippen molar-refractivity contribution in [3.63, 3.8) is 0 Å². The highest BCUT2D eigenvalue weighted by Crippen LogP contribution is 2.18. The van der Waals surface area contributed by atoms with Gasteiger partial charge in [-0.2, -0.15) is 0 Å². The van der Waals surface area contributed by atoms with E-state index in [1.807, 2.05) is 0 Å². The second kappa shape index (κ2) is 7.11. The van der Waals surface area contributed by atoms with Crippen molar-refractivity contribution in [2.24, 2.45) is 0 Å². The third kappa shape index (κ3) is 5.37. The number of thioether (sulfide) groups is 1. The maximum absolute atomic E-state index is 11.9. The molecule has 2 N–H and O–H groups in total. The van der Waals surface area contributed by atoms with E-state index in [2.05, 4.69) is 0 Å². The molecule has 1 fully saturated rings. The topological polar surface area (TPSA) is 112 Å². The molecule has 9 heteroatoms. The summed E-state index contributed by atoms with van der Waals surface area (Å²) in [6.07, 6.45) is 0.373. The molecule has 0 aliphatic carbocycles. The first-order chi connectivity index (χ1) is 8.85. The summed E-state index contributed by atoms with van der Waals surface area (Å²) in [5.74, 6) is -1.57. The van der Waals surface area contributed by atoms with Crippen molar-refractivity contribution in [3.8, 4) is 0 Å². The first-order valence-electron chi connectivity index (χ1n) is 5.76. The fourth-order valence-corrected chi connectivity index (χ4v) is 4.30. The van der Waals surface area contributed by atoms with Gasteiger partial charge in [-0.25, -0.2) is 8.42 Å². The van der Waals surface area contributed by atoms with Crippen LogP contribution in [0.1, 0.15) is 6.42 Å². The molecule has 0 spiro atoms. The second-order valence-corrected chi connectivity index (χ2v) is 7.47. The van der Waals surface area contributed by atoms with Gasteiger partial charge in [0.2, 0.25) is 5.91 Å². The minimum Gasteiger partial charge on any atom is -0.481 e. The van der Waals surface area contributed by atoms with E-state index in [9.17, 15) is 18.0 Å². The summed E-state index contributed by atoms with van der Waals surface area (Å²) in [7, 11) is -3.10. The molecule has 19 heavy (non-hydrogen) atoms. The molecule has 1 heterocycles. The zero-order valence-corrected chi connectivity index (χ0v) is 12.0. The number of aliphatic hydroxyl groups is 1. The number of amides is 1. The molecule has 1 atom stereocenters. The van der Waals surface area contributed by atoms with Crippen LogP contribution >= 0.6 is 11.8 Å². The van der Waals surface area contributed by atoms with Crippen molar-refractivity contribution >= 4 is 33.5 Å². The van der Waals surface area contributed by atoms with Crippen LogP contribution in [-0.4, -0.2) is 77.6 Å². The first kappa shape index (κ1) is 16.3. The Balaban J connectivity index is 2.56. The molecule has 0 aromatic carbocycles. The quantitative estimate of drug-likeness (QED) is 0.608. The molecule has 0 radical (unpaired) electrons. The molecule has 0 saturated carbocycles. The molecule has 0 bridgehead atoms. The Hall–Kier alpha value is -0.800. The van der Waals surface area contributed by atoms with E-state index in [-0.39, 0.29) is 42.1 Å². The van der Waals surface area contributed by atoms with Crippen LogP contribution in [0.5, 0.6) is 0 Å². The van der Waals surface area contributed by atoms with Gasteiger partial charge in [-0.05, 0) is 6.42 Å². The van der Waals surface area contributed by atoms with Crippen LogP contribution in [-0.2, 0) is 19.4 Å². The Labute approximate surface area is 115 Å². The molecule has 1 saturated heterocycles. The Morgan fingerprint density at radius 1 is 1.32 bits per heavy atom. The molecule has 1 rings (SSSR count). The molecular formula is C10H17NO6S2.